The molecule has 0 aromatic heterocycles. The number of carboxylic acid groups (broad SMARTS) is 1. The third kappa shape index (κ3) is 3.96. The van der Waals surface area contributed by atoms with Gasteiger partial charge in [0.2, 0.25) is 10.0 Å². The highest BCUT2D eigenvalue weighted by Gasteiger charge is 2.27. The van der Waals surface area contributed by atoms with E-state index < -0.39 is 27.9 Å². The van der Waals surface area contributed by atoms with E-state index in [1.54, 1.807) is 0 Å². The van der Waals surface area contributed by atoms with Gasteiger partial charge in [0.05, 0.1) is 23.6 Å². The molecule has 1 unspecified atom stereocenters. The summed E-state index contributed by atoms with van der Waals surface area (Å²) in [6, 6.07) is 3.65. The number of halogens is 1. The Kier molecular flexibility index (Phi) is 5.92. The second-order valence-electron chi connectivity index (χ2n) is 4.66. The normalized spacial score (nSPS) is 13.0. The third-order valence-electron chi connectivity index (χ3n) is 2.99. The van der Waals surface area contributed by atoms with Crippen molar-refractivity contribution in [3.8, 4) is 0 Å². The minimum Gasteiger partial charge on any atom is -0.481 e. The van der Waals surface area contributed by atoms with Crippen LogP contribution in [0.4, 0.5) is 0 Å². The summed E-state index contributed by atoms with van der Waals surface area (Å²) in [4.78, 5) is 22.0. The lowest BCUT2D eigenvalue weighted by Gasteiger charge is -2.20. The van der Waals surface area contributed by atoms with E-state index in [2.05, 4.69) is 4.74 Å². The van der Waals surface area contributed by atoms with E-state index >= 15 is 0 Å². The van der Waals surface area contributed by atoms with Crippen molar-refractivity contribution in [3.05, 3.63) is 28.8 Å². The van der Waals surface area contributed by atoms with Crippen LogP contribution in [0.25, 0.3) is 0 Å². The molecule has 1 aromatic rings. The summed E-state index contributed by atoms with van der Waals surface area (Å²) in [6.07, 6.45) is 0. The smallest absolute Gasteiger partial charge is 0.337 e. The van der Waals surface area contributed by atoms with E-state index in [-0.39, 0.29) is 22.0 Å². The molecule has 1 rings (SSSR count). The zero-order chi connectivity index (χ0) is 17.1. The number of hydrogen-bond acceptors (Lipinski definition) is 5. The number of ether oxygens (including phenoxy) is 1. The second-order valence-corrected chi connectivity index (χ2v) is 7.08. The van der Waals surface area contributed by atoms with Crippen molar-refractivity contribution >= 4 is 33.6 Å². The number of esters is 1. The van der Waals surface area contributed by atoms with Crippen molar-refractivity contribution in [2.45, 2.75) is 11.8 Å². The van der Waals surface area contributed by atoms with Crippen LogP contribution in [0.5, 0.6) is 0 Å². The van der Waals surface area contributed by atoms with Crippen LogP contribution in [-0.2, 0) is 19.6 Å². The number of carbonyl (C=O) groups is 2. The van der Waals surface area contributed by atoms with Crippen LogP contribution in [0.15, 0.2) is 23.1 Å². The summed E-state index contributed by atoms with van der Waals surface area (Å²) in [6.45, 7) is 1.20. The molecule has 0 aliphatic carbocycles. The molecule has 1 N–H and O–H groups in total. The maximum atomic E-state index is 12.4. The Balaban J connectivity index is 3.13. The van der Waals surface area contributed by atoms with E-state index in [9.17, 15) is 18.0 Å². The highest BCUT2D eigenvalue weighted by molar-refractivity contribution is 7.89. The molecule has 9 heteroatoms. The molecule has 0 radical (unpaired) electrons. The van der Waals surface area contributed by atoms with Crippen LogP contribution < -0.4 is 0 Å². The number of methoxy groups -OCH3 is 1. The first-order valence-corrected chi connectivity index (χ1v) is 8.00. The monoisotopic (exact) mass is 349 g/mol. The molecule has 0 bridgehead atoms. The van der Waals surface area contributed by atoms with Crippen molar-refractivity contribution in [2.24, 2.45) is 5.92 Å². The van der Waals surface area contributed by atoms with Crippen LogP contribution in [0.1, 0.15) is 17.3 Å². The van der Waals surface area contributed by atoms with Gasteiger partial charge in [0.15, 0.2) is 0 Å². The maximum Gasteiger partial charge on any atom is 0.337 e. The fourth-order valence-electron chi connectivity index (χ4n) is 1.68. The largest absolute Gasteiger partial charge is 0.481 e. The van der Waals surface area contributed by atoms with Gasteiger partial charge < -0.3 is 9.84 Å². The molecule has 0 saturated heterocycles. The van der Waals surface area contributed by atoms with Crippen LogP contribution in [0, 0.1) is 5.92 Å². The van der Waals surface area contributed by atoms with Gasteiger partial charge >= 0.3 is 11.9 Å². The average molecular weight is 350 g/mol. The number of rotatable bonds is 6. The number of aliphatic carboxylic acids is 1. The Morgan fingerprint density at radius 3 is 2.45 bits per heavy atom. The van der Waals surface area contributed by atoms with Gasteiger partial charge in [-0.15, -0.1) is 0 Å². The first kappa shape index (κ1) is 18.4. The van der Waals surface area contributed by atoms with E-state index in [0.29, 0.717) is 0 Å². The van der Waals surface area contributed by atoms with Gasteiger partial charge in [0.1, 0.15) is 4.90 Å². The molecule has 0 heterocycles. The number of carboxylic acids is 1. The van der Waals surface area contributed by atoms with Crippen molar-refractivity contribution in [1.82, 2.24) is 4.31 Å². The standard InChI is InChI=1S/C13H16ClNO6S/c1-8(12(16)17)7-15(2)22(19,20)11-5-4-9(6-10(11)14)13(18)21-3/h4-6,8H,7H2,1-3H3,(H,16,17). The highest BCUT2D eigenvalue weighted by Crippen LogP contribution is 2.26. The Labute approximate surface area is 133 Å². The van der Waals surface area contributed by atoms with Gasteiger partial charge in [-0.2, -0.15) is 0 Å². The molecule has 1 atom stereocenters. The minimum atomic E-state index is -3.96. The van der Waals surface area contributed by atoms with Crippen molar-refractivity contribution in [2.75, 3.05) is 20.7 Å². The van der Waals surface area contributed by atoms with Gasteiger partial charge in [-0.3, -0.25) is 4.79 Å². The zero-order valence-electron chi connectivity index (χ0n) is 12.2. The number of benzene rings is 1. The fourth-order valence-corrected chi connectivity index (χ4v) is 3.46. The summed E-state index contributed by atoms with van der Waals surface area (Å²) >= 11 is 5.93. The molecular formula is C13H16ClNO6S. The van der Waals surface area contributed by atoms with E-state index in [0.717, 1.165) is 4.31 Å². The Bertz CT molecular complexity index is 688. The quantitative estimate of drug-likeness (QED) is 0.780. The van der Waals surface area contributed by atoms with Crippen molar-refractivity contribution in [3.63, 3.8) is 0 Å². The molecule has 0 spiro atoms. The van der Waals surface area contributed by atoms with Gasteiger partial charge in [-0.05, 0) is 18.2 Å². The lowest BCUT2D eigenvalue weighted by atomic mass is 10.2. The van der Waals surface area contributed by atoms with Gasteiger partial charge in [0.25, 0.3) is 0 Å². The zero-order valence-corrected chi connectivity index (χ0v) is 13.8. The predicted octanol–water partition coefficient (Wildman–Crippen LogP) is 1.47. The molecule has 122 valence electrons. The Hall–Kier alpha value is -1.64. The molecular weight excluding hydrogens is 334 g/mol. The molecule has 22 heavy (non-hydrogen) atoms. The van der Waals surface area contributed by atoms with Crippen LogP contribution in [0.2, 0.25) is 5.02 Å². The number of hydrogen-bond donors (Lipinski definition) is 1. The van der Waals surface area contributed by atoms with Crippen LogP contribution in [0.3, 0.4) is 0 Å². The summed E-state index contributed by atoms with van der Waals surface area (Å²) in [5.41, 5.74) is 0.119. The second kappa shape index (κ2) is 7.08. The van der Waals surface area contributed by atoms with Gasteiger partial charge in [-0.25, -0.2) is 17.5 Å². The number of sulfonamides is 1. The molecule has 0 saturated carbocycles. The average Bonchev–Trinajstić information content (AvgIpc) is 2.45. The van der Waals surface area contributed by atoms with Gasteiger partial charge in [-0.1, -0.05) is 18.5 Å². The van der Waals surface area contributed by atoms with Crippen molar-refractivity contribution in [1.29, 1.82) is 0 Å². The topological polar surface area (TPSA) is 101 Å². The molecule has 0 fully saturated rings. The Morgan fingerprint density at radius 1 is 1.41 bits per heavy atom. The highest BCUT2D eigenvalue weighted by atomic mass is 35.5. The van der Waals surface area contributed by atoms with Gasteiger partial charge in [0, 0.05) is 13.6 Å². The molecule has 1 aromatic carbocycles. The van der Waals surface area contributed by atoms with E-state index in [4.69, 9.17) is 16.7 Å². The number of carbonyl (C=O) groups excluding carboxylic acids is 1. The number of nitrogens with zero attached hydrogens (tertiary/aromatic N) is 1. The molecule has 0 aliphatic heterocycles. The fraction of sp³-hybridized carbons (Fsp3) is 0.385. The lowest BCUT2D eigenvalue weighted by molar-refractivity contribution is -0.141. The Morgan fingerprint density at radius 2 is 2.00 bits per heavy atom. The SMILES string of the molecule is COC(=O)c1ccc(S(=O)(=O)N(C)CC(C)C(=O)O)c(Cl)c1. The first-order chi connectivity index (χ1) is 10.1. The summed E-state index contributed by atoms with van der Waals surface area (Å²) in [5, 5.41) is 8.71. The molecule has 0 amide bonds. The molecule has 7 nitrogen and oxygen atoms in total. The van der Waals surface area contributed by atoms with Crippen LogP contribution in [-0.4, -0.2) is 50.5 Å². The first-order valence-electron chi connectivity index (χ1n) is 6.18. The van der Waals surface area contributed by atoms with Crippen molar-refractivity contribution < 1.29 is 27.9 Å². The summed E-state index contributed by atoms with van der Waals surface area (Å²) in [5.74, 6) is -2.61. The molecule has 0 aliphatic rings. The van der Waals surface area contributed by atoms with E-state index in [1.165, 1.54) is 39.3 Å². The predicted molar refractivity (Wildman–Crippen MR) is 79.4 cm³/mol. The summed E-state index contributed by atoms with van der Waals surface area (Å²) in [7, 11) is -1.50. The maximum absolute atomic E-state index is 12.4. The lowest BCUT2D eigenvalue weighted by Crippen LogP contribution is -2.33. The van der Waals surface area contributed by atoms with Crippen LogP contribution >= 0.6 is 11.6 Å². The third-order valence-corrected chi connectivity index (χ3v) is 5.30. The van der Waals surface area contributed by atoms with E-state index in [1.807, 2.05) is 0 Å². The summed E-state index contributed by atoms with van der Waals surface area (Å²) < 4.78 is 30.2. The minimum absolute atomic E-state index is 0.119.